The van der Waals surface area contributed by atoms with Crippen LogP contribution in [0.4, 0.5) is 17.1 Å². The molecule has 0 aromatic heterocycles. The van der Waals surface area contributed by atoms with Crippen molar-refractivity contribution >= 4 is 55.8 Å². The fourth-order valence-corrected chi connectivity index (χ4v) is 5.95. The summed E-state index contributed by atoms with van der Waals surface area (Å²) in [6, 6.07) is 11.5. The first-order chi connectivity index (χ1) is 17.4. The first-order valence-electron chi connectivity index (χ1n) is 11.6. The van der Waals surface area contributed by atoms with Crippen LogP contribution in [0.3, 0.4) is 0 Å². The van der Waals surface area contributed by atoms with E-state index in [0.29, 0.717) is 17.3 Å². The van der Waals surface area contributed by atoms with Crippen LogP contribution in [0.5, 0.6) is 0 Å². The van der Waals surface area contributed by atoms with Crippen LogP contribution < -0.4 is 5.32 Å². The van der Waals surface area contributed by atoms with Gasteiger partial charge in [-0.2, -0.15) is 0 Å². The lowest BCUT2D eigenvalue weighted by molar-refractivity contribution is -0.384. The van der Waals surface area contributed by atoms with Gasteiger partial charge in [-0.25, -0.2) is 17.7 Å². The van der Waals surface area contributed by atoms with Crippen LogP contribution >= 0.6 is 11.8 Å². The number of nitrogens with zero attached hydrogens (tertiary/aromatic N) is 4. The fourth-order valence-electron chi connectivity index (χ4n) is 3.76. The van der Waals surface area contributed by atoms with Gasteiger partial charge in [0.1, 0.15) is 5.25 Å². The van der Waals surface area contributed by atoms with Crippen molar-refractivity contribution in [3.8, 4) is 0 Å². The number of aliphatic imine (C=N–C) groups is 1. The highest BCUT2D eigenvalue weighted by atomic mass is 32.2. The largest absolute Gasteiger partial charge is 0.326 e. The number of carbonyl (C=O) groups is 2. The Morgan fingerprint density at radius 2 is 1.95 bits per heavy atom. The predicted molar refractivity (Wildman–Crippen MR) is 143 cm³/mol. The van der Waals surface area contributed by atoms with Crippen LogP contribution in [-0.4, -0.2) is 64.9 Å². The maximum absolute atomic E-state index is 13.3. The third kappa shape index (κ3) is 6.73. The van der Waals surface area contributed by atoms with E-state index in [1.165, 1.54) is 50.5 Å². The zero-order valence-corrected chi connectivity index (χ0v) is 22.6. The fraction of sp³-hybridized carbons (Fsp3) is 0.375. The average molecular weight is 548 g/mol. The molecule has 3 rings (SSSR count). The van der Waals surface area contributed by atoms with Gasteiger partial charge in [0.05, 0.1) is 15.5 Å². The van der Waals surface area contributed by atoms with Crippen molar-refractivity contribution in [2.24, 2.45) is 4.99 Å². The van der Waals surface area contributed by atoms with E-state index in [2.05, 4.69) is 10.3 Å². The summed E-state index contributed by atoms with van der Waals surface area (Å²) in [7, 11) is -0.783. The first kappa shape index (κ1) is 28.3. The lowest BCUT2D eigenvalue weighted by Crippen LogP contribution is -2.40. The van der Waals surface area contributed by atoms with E-state index in [9.17, 15) is 28.1 Å². The van der Waals surface area contributed by atoms with Gasteiger partial charge >= 0.3 is 0 Å². The lowest BCUT2D eigenvalue weighted by atomic mass is 10.1. The molecule has 0 radical (unpaired) electrons. The van der Waals surface area contributed by atoms with Crippen molar-refractivity contribution in [1.82, 2.24) is 9.21 Å². The molecule has 0 bridgehead atoms. The van der Waals surface area contributed by atoms with E-state index in [-0.39, 0.29) is 34.6 Å². The SMILES string of the molecule is CCCC(C)N1C(=O)C(CC(=O)Nc2cccc([N+](=O)[O-])c2)SC1=Nc1cccc(S(=O)(=O)N(C)C)c1. The number of carbonyl (C=O) groups excluding carboxylic acids is 2. The Labute approximate surface area is 220 Å². The molecule has 13 heteroatoms. The Balaban J connectivity index is 1.85. The summed E-state index contributed by atoms with van der Waals surface area (Å²) < 4.78 is 26.2. The normalized spacial score (nSPS) is 17.9. The number of hydrogen-bond donors (Lipinski definition) is 1. The van der Waals surface area contributed by atoms with Gasteiger partial charge in [-0.3, -0.25) is 24.6 Å². The number of hydrogen-bond acceptors (Lipinski definition) is 8. The summed E-state index contributed by atoms with van der Waals surface area (Å²) in [6.45, 7) is 3.90. The smallest absolute Gasteiger partial charge is 0.271 e. The van der Waals surface area contributed by atoms with Crippen LogP contribution in [-0.2, 0) is 19.6 Å². The Kier molecular flexibility index (Phi) is 9.05. The highest BCUT2D eigenvalue weighted by molar-refractivity contribution is 8.15. The number of thioether (sulfide) groups is 1. The van der Waals surface area contributed by atoms with E-state index in [4.69, 9.17) is 0 Å². The number of rotatable bonds is 10. The zero-order chi connectivity index (χ0) is 27.3. The van der Waals surface area contributed by atoms with Crippen LogP contribution in [0.2, 0.25) is 0 Å². The average Bonchev–Trinajstić information content (AvgIpc) is 3.13. The van der Waals surface area contributed by atoms with Crippen molar-refractivity contribution in [3.63, 3.8) is 0 Å². The van der Waals surface area contributed by atoms with Gasteiger partial charge in [-0.05, 0) is 37.6 Å². The number of amidine groups is 1. The summed E-state index contributed by atoms with van der Waals surface area (Å²) in [6.07, 6.45) is 1.39. The van der Waals surface area contributed by atoms with Gasteiger partial charge in [0.2, 0.25) is 21.8 Å². The van der Waals surface area contributed by atoms with Crippen LogP contribution in [0.1, 0.15) is 33.1 Å². The molecular formula is C24H29N5O6S2. The Morgan fingerprint density at radius 1 is 1.24 bits per heavy atom. The number of amides is 2. The summed E-state index contributed by atoms with van der Waals surface area (Å²) >= 11 is 1.14. The van der Waals surface area contributed by atoms with Crippen molar-refractivity contribution in [2.45, 2.75) is 49.3 Å². The number of anilines is 1. The molecule has 1 aliphatic rings. The van der Waals surface area contributed by atoms with E-state index in [0.717, 1.165) is 22.5 Å². The van der Waals surface area contributed by atoms with Crippen LogP contribution in [0.25, 0.3) is 0 Å². The molecule has 2 aromatic carbocycles. The lowest BCUT2D eigenvalue weighted by Gasteiger charge is -2.24. The molecule has 11 nitrogen and oxygen atoms in total. The molecule has 2 aromatic rings. The predicted octanol–water partition coefficient (Wildman–Crippen LogP) is 3.99. The molecule has 1 fully saturated rings. The number of non-ortho nitro benzene ring substituents is 1. The minimum atomic E-state index is -3.67. The Morgan fingerprint density at radius 3 is 2.59 bits per heavy atom. The molecule has 37 heavy (non-hydrogen) atoms. The second-order valence-corrected chi connectivity index (χ2v) is 12.0. The molecule has 1 heterocycles. The number of benzene rings is 2. The highest BCUT2D eigenvalue weighted by Gasteiger charge is 2.41. The standard InChI is InChI=1S/C24H29N5O6S2/c1-5-8-16(2)28-23(31)21(15-22(30)25-17-9-6-11-19(13-17)29(32)33)36-24(28)26-18-10-7-12-20(14-18)37(34,35)27(3)4/h6-7,9-14,16,21H,5,8,15H2,1-4H3,(H,25,30). The molecule has 1 aliphatic heterocycles. The summed E-state index contributed by atoms with van der Waals surface area (Å²) in [5.74, 6) is -0.731. The summed E-state index contributed by atoms with van der Waals surface area (Å²) in [4.78, 5) is 42.7. The third-order valence-electron chi connectivity index (χ3n) is 5.65. The molecular weight excluding hydrogens is 518 g/mol. The maximum Gasteiger partial charge on any atom is 0.271 e. The van der Waals surface area contributed by atoms with Crippen LogP contribution in [0.15, 0.2) is 58.4 Å². The molecule has 2 atom stereocenters. The van der Waals surface area contributed by atoms with E-state index >= 15 is 0 Å². The summed E-state index contributed by atoms with van der Waals surface area (Å²) in [5, 5.41) is 13.3. The molecule has 2 unspecified atom stereocenters. The number of nitro benzene ring substituents is 1. The highest BCUT2D eigenvalue weighted by Crippen LogP contribution is 2.34. The number of sulfonamides is 1. The van der Waals surface area contributed by atoms with Gasteiger partial charge in [0, 0.05) is 44.4 Å². The van der Waals surface area contributed by atoms with Crippen molar-refractivity contribution in [3.05, 3.63) is 58.6 Å². The zero-order valence-electron chi connectivity index (χ0n) is 20.9. The molecule has 1 N–H and O–H groups in total. The second kappa shape index (κ2) is 11.8. The minimum absolute atomic E-state index is 0.0784. The molecule has 198 valence electrons. The van der Waals surface area contributed by atoms with E-state index < -0.39 is 26.1 Å². The first-order valence-corrected chi connectivity index (χ1v) is 13.9. The molecule has 0 spiro atoms. The van der Waals surface area contributed by atoms with Gasteiger partial charge in [-0.1, -0.05) is 37.2 Å². The number of nitrogens with one attached hydrogen (secondary N) is 1. The van der Waals surface area contributed by atoms with Crippen LogP contribution in [0, 0.1) is 10.1 Å². The van der Waals surface area contributed by atoms with Gasteiger partial charge in [0.25, 0.3) is 5.69 Å². The number of nitro groups is 1. The second-order valence-electron chi connectivity index (χ2n) is 8.69. The minimum Gasteiger partial charge on any atom is -0.326 e. The molecule has 0 aliphatic carbocycles. The molecule has 0 saturated carbocycles. The van der Waals surface area contributed by atoms with Crippen molar-refractivity contribution in [2.75, 3.05) is 19.4 Å². The van der Waals surface area contributed by atoms with Gasteiger partial charge in [-0.15, -0.1) is 0 Å². The monoisotopic (exact) mass is 547 g/mol. The Hall–Kier alpha value is -3.29. The Bertz CT molecular complexity index is 1330. The topological polar surface area (TPSA) is 142 Å². The van der Waals surface area contributed by atoms with Crippen molar-refractivity contribution in [1.29, 1.82) is 0 Å². The maximum atomic E-state index is 13.3. The molecule has 1 saturated heterocycles. The van der Waals surface area contributed by atoms with Gasteiger partial charge < -0.3 is 5.32 Å². The third-order valence-corrected chi connectivity index (χ3v) is 8.61. The van der Waals surface area contributed by atoms with E-state index in [1.807, 2.05) is 13.8 Å². The van der Waals surface area contributed by atoms with E-state index in [1.54, 1.807) is 17.0 Å². The summed E-state index contributed by atoms with van der Waals surface area (Å²) in [5.41, 5.74) is 0.476. The van der Waals surface area contributed by atoms with Crippen molar-refractivity contribution < 1.29 is 22.9 Å². The molecule has 2 amide bonds. The quantitative estimate of drug-likeness (QED) is 0.350. The van der Waals surface area contributed by atoms with Gasteiger partial charge in [0.15, 0.2) is 5.17 Å².